The highest BCUT2D eigenvalue weighted by Crippen LogP contribution is 2.41. The minimum absolute atomic E-state index is 0.0744. The summed E-state index contributed by atoms with van der Waals surface area (Å²) in [6.07, 6.45) is 0. The van der Waals surface area contributed by atoms with E-state index in [1.54, 1.807) is 0 Å². The van der Waals surface area contributed by atoms with Crippen molar-refractivity contribution in [2.45, 2.75) is 15.8 Å². The van der Waals surface area contributed by atoms with Crippen molar-refractivity contribution >= 4 is 51.9 Å². The topological polar surface area (TPSA) is 113 Å². The van der Waals surface area contributed by atoms with Gasteiger partial charge in [-0.1, -0.05) is 23.1 Å². The van der Waals surface area contributed by atoms with E-state index in [9.17, 15) is 14.7 Å². The first-order valence-electron chi connectivity index (χ1n) is 6.69. The highest BCUT2D eigenvalue weighted by atomic mass is 32.2. The lowest BCUT2D eigenvalue weighted by atomic mass is 10.0. The Bertz CT molecular complexity index is 689. The summed E-state index contributed by atoms with van der Waals surface area (Å²) >= 11 is 4.38. The summed E-state index contributed by atoms with van der Waals surface area (Å²) < 4.78 is 0.768. The van der Waals surface area contributed by atoms with E-state index < -0.39 is 12.0 Å². The summed E-state index contributed by atoms with van der Waals surface area (Å²) in [4.78, 5) is 26.6. The predicted molar refractivity (Wildman–Crippen MR) is 90.7 cm³/mol. The molecule has 124 valence electrons. The summed E-state index contributed by atoms with van der Waals surface area (Å²) in [5, 5.41) is 18.1. The average Bonchev–Trinajstić information content (AvgIpc) is 3.00. The van der Waals surface area contributed by atoms with E-state index in [2.05, 4.69) is 10.2 Å². The van der Waals surface area contributed by atoms with Crippen LogP contribution < -0.4 is 10.6 Å². The molecule has 0 spiro atoms. The molecule has 1 unspecified atom stereocenters. The molecule has 1 fully saturated rings. The monoisotopic (exact) mass is 373 g/mol. The van der Waals surface area contributed by atoms with Gasteiger partial charge in [0.1, 0.15) is 17.1 Å². The fourth-order valence-electron chi connectivity index (χ4n) is 2.28. The minimum atomic E-state index is -1.09. The summed E-state index contributed by atoms with van der Waals surface area (Å²) in [5.41, 5.74) is 6.51. The van der Waals surface area contributed by atoms with Crippen molar-refractivity contribution in [3.8, 4) is 0 Å². The highest BCUT2D eigenvalue weighted by Gasteiger charge is 2.51. The van der Waals surface area contributed by atoms with Gasteiger partial charge in [0.25, 0.3) is 0 Å². The van der Waals surface area contributed by atoms with Crippen LogP contribution in [0.15, 0.2) is 15.6 Å². The number of hydrogen-bond donors (Lipinski definition) is 2. The first-order valence-corrected chi connectivity index (χ1v) is 9.54. The summed E-state index contributed by atoms with van der Waals surface area (Å²) in [5.74, 6) is -0.399. The van der Waals surface area contributed by atoms with E-state index in [0.29, 0.717) is 17.1 Å². The molecule has 0 saturated carbocycles. The summed E-state index contributed by atoms with van der Waals surface area (Å²) in [6, 6.07) is -0.602. The number of fused-ring (bicyclic) bond motifs is 1. The van der Waals surface area contributed by atoms with E-state index in [0.717, 1.165) is 9.47 Å². The smallest absolute Gasteiger partial charge is 0.352 e. The largest absolute Gasteiger partial charge is 0.477 e. The molecule has 1 saturated heterocycles. The van der Waals surface area contributed by atoms with Crippen LogP contribution in [0.2, 0.25) is 0 Å². The number of rotatable bonds is 5. The normalized spacial score (nSPS) is 23.6. The lowest BCUT2D eigenvalue weighted by molar-refractivity contribution is -0.147. The van der Waals surface area contributed by atoms with Gasteiger partial charge in [-0.25, -0.2) is 4.79 Å². The lowest BCUT2D eigenvalue weighted by Gasteiger charge is -2.48. The number of aliphatic carboxylic acids is 1. The number of carbonyl (C=O) groups is 2. The van der Waals surface area contributed by atoms with Gasteiger partial charge in [0.2, 0.25) is 11.0 Å². The Labute approximate surface area is 145 Å². The number of β-lactam (4-membered cyclic amide) rings is 1. The number of nitrogens with two attached hydrogens (primary N) is 1. The maximum Gasteiger partial charge on any atom is 0.352 e. The van der Waals surface area contributed by atoms with Gasteiger partial charge < -0.3 is 15.7 Å². The molecule has 3 heterocycles. The molecule has 8 nitrogen and oxygen atoms in total. The predicted octanol–water partition coefficient (Wildman–Crippen LogP) is 0.277. The molecule has 2 atom stereocenters. The number of nitrogens with zero attached hydrogens (tertiary/aromatic N) is 4. The van der Waals surface area contributed by atoms with Gasteiger partial charge in [-0.15, -0.1) is 22.0 Å². The first-order chi connectivity index (χ1) is 10.9. The van der Waals surface area contributed by atoms with Gasteiger partial charge in [0, 0.05) is 25.6 Å². The van der Waals surface area contributed by atoms with E-state index >= 15 is 0 Å². The molecule has 0 aliphatic carbocycles. The van der Waals surface area contributed by atoms with Gasteiger partial charge in [0.05, 0.1) is 0 Å². The van der Waals surface area contributed by atoms with Crippen molar-refractivity contribution in [2.75, 3.05) is 30.5 Å². The van der Waals surface area contributed by atoms with Crippen molar-refractivity contribution < 1.29 is 14.7 Å². The SMILES string of the molecule is CN(C)c1nnc(SCC2=C(C(=O)O)N3C(=O)C(N)[C@@H]3SC2)s1. The van der Waals surface area contributed by atoms with Crippen LogP contribution in [-0.4, -0.2) is 69.1 Å². The third-order valence-corrected chi connectivity index (χ3v) is 7.11. The number of carbonyl (C=O) groups excluding carboxylic acids is 1. The fourth-order valence-corrected chi connectivity index (χ4v) is 5.48. The second-order valence-electron chi connectivity index (χ2n) is 5.23. The van der Waals surface area contributed by atoms with Crippen LogP contribution >= 0.6 is 34.9 Å². The van der Waals surface area contributed by atoms with E-state index in [-0.39, 0.29) is 17.0 Å². The molecule has 3 N–H and O–H groups in total. The highest BCUT2D eigenvalue weighted by molar-refractivity contribution is 8.01. The van der Waals surface area contributed by atoms with Crippen LogP contribution in [0.4, 0.5) is 5.13 Å². The second-order valence-corrected chi connectivity index (χ2v) is 8.51. The quantitative estimate of drug-likeness (QED) is 0.555. The lowest BCUT2D eigenvalue weighted by Crippen LogP contribution is -2.68. The Morgan fingerprint density at radius 3 is 2.87 bits per heavy atom. The molecular weight excluding hydrogens is 358 g/mol. The van der Waals surface area contributed by atoms with Crippen LogP contribution in [0.1, 0.15) is 0 Å². The second kappa shape index (κ2) is 6.30. The van der Waals surface area contributed by atoms with Crippen molar-refractivity contribution in [2.24, 2.45) is 5.73 Å². The molecule has 1 aromatic rings. The Hall–Kier alpha value is -1.30. The Morgan fingerprint density at radius 1 is 1.52 bits per heavy atom. The zero-order chi connectivity index (χ0) is 16.7. The van der Waals surface area contributed by atoms with E-state index in [1.807, 2.05) is 19.0 Å². The minimum Gasteiger partial charge on any atom is -0.477 e. The molecule has 0 bridgehead atoms. The van der Waals surface area contributed by atoms with Crippen molar-refractivity contribution in [3.63, 3.8) is 0 Å². The van der Waals surface area contributed by atoms with Crippen molar-refractivity contribution in [1.29, 1.82) is 0 Å². The Balaban J connectivity index is 1.77. The summed E-state index contributed by atoms with van der Waals surface area (Å²) in [7, 11) is 3.77. The molecule has 2 aliphatic rings. The zero-order valence-electron chi connectivity index (χ0n) is 12.4. The molecule has 23 heavy (non-hydrogen) atoms. The summed E-state index contributed by atoms with van der Waals surface area (Å²) in [6.45, 7) is 0. The molecule has 11 heteroatoms. The van der Waals surface area contributed by atoms with Crippen LogP contribution in [0.25, 0.3) is 0 Å². The Morgan fingerprint density at radius 2 is 2.26 bits per heavy atom. The van der Waals surface area contributed by atoms with Crippen LogP contribution in [0, 0.1) is 0 Å². The van der Waals surface area contributed by atoms with Gasteiger partial charge in [0.15, 0.2) is 4.34 Å². The number of thioether (sulfide) groups is 2. The third kappa shape index (κ3) is 2.93. The molecule has 1 amide bonds. The van der Waals surface area contributed by atoms with Gasteiger partial charge in [-0.2, -0.15) is 0 Å². The van der Waals surface area contributed by atoms with Crippen LogP contribution in [0.3, 0.4) is 0 Å². The standard InChI is InChI=1S/C12H15N5O3S3/c1-16(2)11-14-15-12(23-11)22-4-5-3-21-9-6(13)8(18)17(9)7(5)10(19)20/h6,9H,3-4,13H2,1-2H3,(H,19,20)/t6?,9-/m0/s1. The number of anilines is 1. The van der Waals surface area contributed by atoms with E-state index in [4.69, 9.17) is 5.73 Å². The van der Waals surface area contributed by atoms with Gasteiger partial charge in [-0.3, -0.25) is 9.69 Å². The van der Waals surface area contributed by atoms with Gasteiger partial charge in [-0.05, 0) is 5.57 Å². The number of carboxylic acid groups (broad SMARTS) is 1. The number of aromatic nitrogens is 2. The maximum atomic E-state index is 11.9. The van der Waals surface area contributed by atoms with Crippen molar-refractivity contribution in [3.05, 3.63) is 11.3 Å². The van der Waals surface area contributed by atoms with E-state index in [1.165, 1.54) is 39.8 Å². The fraction of sp³-hybridized carbons (Fsp3) is 0.500. The number of amides is 1. The first kappa shape index (κ1) is 16.6. The molecular formula is C12H15N5O3S3. The zero-order valence-corrected chi connectivity index (χ0v) is 14.9. The van der Waals surface area contributed by atoms with Crippen molar-refractivity contribution in [1.82, 2.24) is 15.1 Å². The third-order valence-electron chi connectivity index (χ3n) is 3.44. The average molecular weight is 373 g/mol. The molecule has 1 aromatic heterocycles. The molecule has 2 aliphatic heterocycles. The van der Waals surface area contributed by atoms with Crippen LogP contribution in [0.5, 0.6) is 0 Å². The number of hydrogen-bond acceptors (Lipinski definition) is 9. The number of carboxylic acids is 1. The molecule has 0 aromatic carbocycles. The molecule has 3 rings (SSSR count). The Kier molecular flexibility index (Phi) is 4.54. The molecule has 0 radical (unpaired) electrons. The van der Waals surface area contributed by atoms with Gasteiger partial charge >= 0.3 is 5.97 Å². The van der Waals surface area contributed by atoms with Crippen LogP contribution in [-0.2, 0) is 9.59 Å². The maximum absolute atomic E-state index is 11.9.